The van der Waals surface area contributed by atoms with Gasteiger partial charge < -0.3 is 45.3 Å². The summed E-state index contributed by atoms with van der Waals surface area (Å²) in [6, 6.07) is 2.02. The van der Waals surface area contributed by atoms with Crippen molar-refractivity contribution >= 4 is 72.0 Å². The van der Waals surface area contributed by atoms with E-state index >= 15 is 0 Å². The van der Waals surface area contributed by atoms with E-state index in [0.29, 0.717) is 23.4 Å². The van der Waals surface area contributed by atoms with Gasteiger partial charge in [-0.1, -0.05) is 53.5 Å². The number of nitrogens with one attached hydrogen (secondary N) is 8. The first-order chi connectivity index (χ1) is 36.9. The highest BCUT2D eigenvalue weighted by Crippen LogP contribution is 2.32. The molecule has 6 amide bonds. The number of terminal acetylenes is 2. The molecule has 2 heterocycles. The van der Waals surface area contributed by atoms with Crippen LogP contribution in [0.1, 0.15) is 114 Å². The van der Waals surface area contributed by atoms with E-state index in [4.69, 9.17) is 27.1 Å². The predicted molar refractivity (Wildman–Crippen MR) is 289 cm³/mol. The summed E-state index contributed by atoms with van der Waals surface area (Å²) in [5.74, 6) is -3.13. The molecule has 10 N–H and O–H groups in total. The number of phenols is 1. The molecule has 2 aromatic rings. The number of phenolic OH excluding ortho intramolecular Hbond substituents is 1. The zero-order chi connectivity index (χ0) is 58.1. The zero-order valence-corrected chi connectivity index (χ0v) is 47.2. The van der Waals surface area contributed by atoms with Crippen molar-refractivity contribution in [1.29, 1.82) is 0 Å². The third kappa shape index (κ3) is 22.1. The maximum absolute atomic E-state index is 14.3. The number of nitrogens with zero attached hydrogens (tertiary/aromatic N) is 3. The van der Waals surface area contributed by atoms with Crippen LogP contribution in [0.3, 0.4) is 0 Å². The van der Waals surface area contributed by atoms with Crippen LogP contribution in [0, 0.1) is 42.4 Å². The van der Waals surface area contributed by atoms with Gasteiger partial charge in [0.1, 0.15) is 22.5 Å². The zero-order valence-electron chi connectivity index (χ0n) is 45.5. The topological polar surface area (TPSA) is 337 Å². The number of piperidine rings is 1. The number of anilines is 1. The van der Waals surface area contributed by atoms with Crippen LogP contribution in [0.4, 0.5) is 5.69 Å². The standard InChI is InChI=1S/C51H76N11O14PS/c1-11-32(6)46(56-48(69)39-16-14-15-21-61(39)9)50(70)62(10)40(31(4)5)29-42(76-34(8)63)49-55-38(30-78-49)47(68)53-36(26-33(7)51(71)72)27-35-17-18-41(64)37(28-35)54-45(67)19-22-74-24-25-75-23-20-52-77(73,59-57-43(65)12-2)60-58-44(66)13-3/h2-3,17-18,28,30-33,36,39-40,42,46,64H,11,14-16,19-27,29H2,1,4-10H3,(H,53,68)(H,54,67)(H,56,69)(H,57,65)(H,58,66)(H,71,72)(H3,52,59,60,73)/t32-,33?,36+,39+,40+,42+,46-/m0/s1. The molecule has 1 aromatic carbocycles. The third-order valence-electron chi connectivity index (χ3n) is 12.8. The largest absolute Gasteiger partial charge is 0.506 e. The fraction of sp³-hybridized carbons (Fsp3) is 0.588. The summed E-state index contributed by atoms with van der Waals surface area (Å²) >= 11 is 1.08. The number of carboxylic acid groups (broad SMARTS) is 1. The smallest absolute Gasteiger partial charge is 0.313 e. The van der Waals surface area contributed by atoms with Crippen LogP contribution in [-0.2, 0) is 58.8 Å². The Balaban J connectivity index is 1.64. The van der Waals surface area contributed by atoms with Gasteiger partial charge in [-0.05, 0) is 80.6 Å². The lowest BCUT2D eigenvalue weighted by molar-refractivity contribution is -0.149. The van der Waals surface area contributed by atoms with Crippen molar-refractivity contribution in [3.8, 4) is 30.4 Å². The van der Waals surface area contributed by atoms with Gasteiger partial charge in [-0.25, -0.2) is 10.1 Å². The van der Waals surface area contributed by atoms with Crippen molar-refractivity contribution in [1.82, 2.24) is 51.7 Å². The van der Waals surface area contributed by atoms with Gasteiger partial charge in [0.25, 0.3) is 5.91 Å². The van der Waals surface area contributed by atoms with Gasteiger partial charge in [-0.3, -0.25) is 58.7 Å². The second kappa shape index (κ2) is 33.1. The molecule has 1 unspecified atom stereocenters. The molecule has 0 spiro atoms. The molecular formula is C51H76N11O14PS. The number of aromatic hydroxyl groups is 1. The van der Waals surface area contributed by atoms with E-state index < -0.39 is 73.3 Å². The Bertz CT molecular complexity index is 2480. The minimum atomic E-state index is -3.87. The molecule has 1 aromatic heterocycles. The van der Waals surface area contributed by atoms with E-state index in [-0.39, 0.29) is 105 Å². The normalized spacial score (nSPS) is 15.9. The van der Waals surface area contributed by atoms with Crippen LogP contribution >= 0.6 is 18.9 Å². The van der Waals surface area contributed by atoms with Crippen molar-refractivity contribution in [2.75, 3.05) is 58.9 Å². The first-order valence-electron chi connectivity index (χ1n) is 25.6. The van der Waals surface area contributed by atoms with E-state index in [1.165, 1.54) is 31.4 Å². The number of likely N-dealkylation sites (tertiary alicyclic amines) is 1. The number of ether oxygens (including phenoxy) is 3. The average Bonchev–Trinajstić information content (AvgIpc) is 3.92. The van der Waals surface area contributed by atoms with Crippen molar-refractivity contribution in [2.24, 2.45) is 17.8 Å². The van der Waals surface area contributed by atoms with E-state index in [9.17, 15) is 53.1 Å². The van der Waals surface area contributed by atoms with E-state index in [1.807, 2.05) is 50.5 Å². The number of esters is 1. The highest BCUT2D eigenvalue weighted by Gasteiger charge is 2.38. The van der Waals surface area contributed by atoms with Crippen LogP contribution in [0.25, 0.3) is 0 Å². The number of likely N-dealkylation sites (N-methyl/N-ethyl adjacent to an activating group) is 2. The monoisotopic (exact) mass is 1130 g/mol. The molecule has 7 atom stereocenters. The minimum absolute atomic E-state index is 0.00499. The lowest BCUT2D eigenvalue weighted by atomic mass is 9.92. The van der Waals surface area contributed by atoms with Crippen LogP contribution in [-0.4, -0.2) is 150 Å². The van der Waals surface area contributed by atoms with Gasteiger partial charge in [-0.2, -0.15) is 10.4 Å². The summed E-state index contributed by atoms with van der Waals surface area (Å²) in [4.78, 5) is 110. The number of carbonyl (C=O) groups is 8. The molecule has 0 bridgehead atoms. The molecular weight excluding hydrogens is 1050 g/mol. The van der Waals surface area contributed by atoms with Crippen molar-refractivity contribution < 1.29 is 67.3 Å². The number of amides is 6. The molecule has 1 fully saturated rings. The second-order valence-corrected chi connectivity index (χ2v) is 22.1. The Hall–Kier alpha value is -6.48. The number of carboxylic acids is 1. The molecule has 1 aliphatic heterocycles. The molecule has 0 saturated carbocycles. The fourth-order valence-electron chi connectivity index (χ4n) is 8.25. The lowest BCUT2D eigenvalue weighted by Crippen LogP contribution is -2.58. The number of hydrogen-bond donors (Lipinski definition) is 10. The molecule has 78 heavy (non-hydrogen) atoms. The van der Waals surface area contributed by atoms with Gasteiger partial charge in [-0.15, -0.1) is 24.2 Å². The summed E-state index contributed by atoms with van der Waals surface area (Å²) < 4.78 is 29.6. The molecule has 27 heteroatoms. The number of benzene rings is 1. The summed E-state index contributed by atoms with van der Waals surface area (Å²) in [6.45, 7) is 11.3. The van der Waals surface area contributed by atoms with Gasteiger partial charge in [0, 0.05) is 44.4 Å². The summed E-state index contributed by atoms with van der Waals surface area (Å²) in [5.41, 5.74) is 4.57. The summed E-state index contributed by atoms with van der Waals surface area (Å²) in [5, 5.41) is 37.7. The number of aliphatic carboxylic acids is 1. The van der Waals surface area contributed by atoms with Crippen molar-refractivity contribution in [3.05, 3.63) is 39.8 Å². The fourth-order valence-corrected chi connectivity index (χ4v) is 10.2. The Kier molecular flexibility index (Phi) is 27.9. The highest BCUT2D eigenvalue weighted by atomic mass is 32.1. The molecule has 1 saturated heterocycles. The number of aromatic nitrogens is 1. The number of hydrazine groups is 2. The van der Waals surface area contributed by atoms with Crippen LogP contribution in [0.2, 0.25) is 0 Å². The molecule has 0 radical (unpaired) electrons. The maximum atomic E-state index is 14.3. The van der Waals surface area contributed by atoms with Gasteiger partial charge in [0.05, 0.1) is 50.5 Å². The van der Waals surface area contributed by atoms with Crippen molar-refractivity contribution in [2.45, 2.75) is 123 Å². The van der Waals surface area contributed by atoms with Crippen LogP contribution in [0.5, 0.6) is 5.75 Å². The molecule has 1 aliphatic rings. The highest BCUT2D eigenvalue weighted by molar-refractivity contribution is 7.57. The Morgan fingerprint density at radius 3 is 2.19 bits per heavy atom. The van der Waals surface area contributed by atoms with Crippen LogP contribution < -0.4 is 42.3 Å². The SMILES string of the molecule is C#CC(=O)NNP(=O)(NCCOCCOCCC(=O)Nc1cc(C[C@@H](CC(C)C(=O)O)NC(=O)c2csc([C@@H](C[C@H](C(C)C)N(C)C(=O)[C@@H](NC(=O)[C@H]3CCCCN3C)[C@@H](C)CC)OC(C)=O)n2)ccc1O)NNC(=O)C#C. The minimum Gasteiger partial charge on any atom is -0.506 e. The number of rotatable bonds is 33. The molecule has 3 rings (SSSR count). The second-order valence-electron chi connectivity index (χ2n) is 19.2. The summed E-state index contributed by atoms with van der Waals surface area (Å²) in [6.07, 6.45) is 12.3. The molecule has 0 aliphatic carbocycles. The Morgan fingerprint density at radius 1 is 0.949 bits per heavy atom. The average molecular weight is 1130 g/mol. The number of thiazole rings is 1. The van der Waals surface area contributed by atoms with Gasteiger partial charge >= 0.3 is 31.3 Å². The van der Waals surface area contributed by atoms with E-state index in [0.717, 1.165) is 30.7 Å². The lowest BCUT2D eigenvalue weighted by Gasteiger charge is -2.38. The summed E-state index contributed by atoms with van der Waals surface area (Å²) in [7, 11) is -0.292. The third-order valence-corrected chi connectivity index (χ3v) is 15.3. The quantitative estimate of drug-likeness (QED) is 0.0122. The molecule has 430 valence electrons. The van der Waals surface area contributed by atoms with Crippen LogP contribution in [0.15, 0.2) is 23.6 Å². The Morgan fingerprint density at radius 2 is 1.60 bits per heavy atom. The van der Waals surface area contributed by atoms with Crippen molar-refractivity contribution in [3.63, 3.8) is 0 Å². The first-order valence-corrected chi connectivity index (χ1v) is 28.1. The maximum Gasteiger partial charge on any atom is 0.313 e. The Labute approximate surface area is 459 Å². The predicted octanol–water partition coefficient (Wildman–Crippen LogP) is 2.36. The van der Waals surface area contributed by atoms with E-state index in [1.54, 1.807) is 29.9 Å². The van der Waals surface area contributed by atoms with E-state index in [2.05, 4.69) is 36.4 Å². The molecule has 25 nitrogen and oxygen atoms in total. The van der Waals surface area contributed by atoms with Gasteiger partial charge in [0.15, 0.2) is 6.10 Å². The number of carbonyl (C=O) groups excluding carboxylic acids is 7. The number of hydrogen-bond acceptors (Lipinski definition) is 16. The first kappa shape index (κ1) is 65.8. The van der Waals surface area contributed by atoms with Gasteiger partial charge in [0.2, 0.25) is 17.7 Å².